The molecule has 3 aromatic rings. The van der Waals surface area contributed by atoms with Gasteiger partial charge >= 0.3 is 0 Å². The Morgan fingerprint density at radius 1 is 1.48 bits per heavy atom. The van der Waals surface area contributed by atoms with Crippen molar-refractivity contribution in [3.8, 4) is 16.2 Å². The molecular weight excluding hydrogens is 310 g/mol. The SMILES string of the molecule is CCC(C)c1[nH]c(=O)c2sc(-c3cn[nH]c3)c3c2c1CCCO3. The molecule has 6 heteroatoms. The lowest BCUT2D eigenvalue weighted by molar-refractivity contribution is 0.321. The fourth-order valence-corrected chi connectivity index (χ4v) is 4.40. The van der Waals surface area contributed by atoms with Gasteiger partial charge in [0.1, 0.15) is 10.4 Å². The third-order valence-electron chi connectivity index (χ3n) is 4.63. The maximum absolute atomic E-state index is 12.6. The first kappa shape index (κ1) is 14.5. The van der Waals surface area contributed by atoms with Crippen LogP contribution in [0.2, 0.25) is 0 Å². The molecule has 3 aromatic heterocycles. The number of hydrogen-bond donors (Lipinski definition) is 2. The van der Waals surface area contributed by atoms with E-state index in [4.69, 9.17) is 4.74 Å². The number of nitrogens with zero attached hydrogens (tertiary/aromatic N) is 1. The number of ether oxygens (including phenoxy) is 1. The summed E-state index contributed by atoms with van der Waals surface area (Å²) in [6.07, 6.45) is 6.54. The number of aromatic amines is 2. The summed E-state index contributed by atoms with van der Waals surface area (Å²) in [6, 6.07) is 0. The summed E-state index contributed by atoms with van der Waals surface area (Å²) in [6.45, 7) is 5.00. The van der Waals surface area contributed by atoms with E-state index in [0.717, 1.165) is 51.2 Å². The van der Waals surface area contributed by atoms with E-state index in [2.05, 4.69) is 29.0 Å². The Morgan fingerprint density at radius 3 is 3.09 bits per heavy atom. The van der Waals surface area contributed by atoms with Crippen LogP contribution < -0.4 is 10.3 Å². The maximum Gasteiger partial charge on any atom is 0.266 e. The number of rotatable bonds is 3. The summed E-state index contributed by atoms with van der Waals surface area (Å²) >= 11 is 1.50. The number of aromatic nitrogens is 3. The Kier molecular flexibility index (Phi) is 3.49. The first-order chi connectivity index (χ1) is 11.2. The molecule has 1 unspecified atom stereocenters. The second kappa shape index (κ2) is 5.53. The topological polar surface area (TPSA) is 70.8 Å². The standard InChI is InChI=1S/C17H19N3O2S/c1-3-9(2)13-11-5-4-6-22-14-12(11)16(17(21)20-13)23-15(14)10-7-18-19-8-10/h7-9H,3-6H2,1-2H3,(H,18,19)(H,20,21). The van der Waals surface area contributed by atoms with Gasteiger partial charge in [-0.05, 0) is 30.7 Å². The van der Waals surface area contributed by atoms with Gasteiger partial charge < -0.3 is 9.72 Å². The fourth-order valence-electron chi connectivity index (χ4n) is 3.25. The Labute approximate surface area is 137 Å². The normalized spacial score (nSPS) is 15.4. The van der Waals surface area contributed by atoms with E-state index >= 15 is 0 Å². The Balaban J connectivity index is 2.09. The molecule has 0 spiro atoms. The molecule has 0 saturated heterocycles. The first-order valence-corrected chi connectivity index (χ1v) is 8.85. The van der Waals surface area contributed by atoms with Crippen LogP contribution in [0, 0.1) is 0 Å². The van der Waals surface area contributed by atoms with Crippen LogP contribution >= 0.6 is 11.3 Å². The van der Waals surface area contributed by atoms with Crippen molar-refractivity contribution in [3.05, 3.63) is 34.0 Å². The van der Waals surface area contributed by atoms with Gasteiger partial charge in [0.05, 0.1) is 17.7 Å². The van der Waals surface area contributed by atoms with Crippen LogP contribution in [0.1, 0.15) is 43.9 Å². The molecule has 0 saturated carbocycles. The van der Waals surface area contributed by atoms with Crippen molar-refractivity contribution in [1.29, 1.82) is 0 Å². The monoisotopic (exact) mass is 329 g/mol. The summed E-state index contributed by atoms with van der Waals surface area (Å²) in [7, 11) is 0. The molecule has 4 heterocycles. The zero-order chi connectivity index (χ0) is 16.0. The lowest BCUT2D eigenvalue weighted by atomic mass is 9.94. The molecule has 0 aliphatic carbocycles. The molecule has 0 fully saturated rings. The van der Waals surface area contributed by atoms with Gasteiger partial charge in [-0.3, -0.25) is 9.89 Å². The molecular formula is C17H19N3O2S. The van der Waals surface area contributed by atoms with Crippen LogP contribution in [0.25, 0.3) is 20.5 Å². The molecule has 0 radical (unpaired) electrons. The van der Waals surface area contributed by atoms with E-state index in [1.165, 1.54) is 16.9 Å². The molecule has 23 heavy (non-hydrogen) atoms. The summed E-state index contributed by atoms with van der Waals surface area (Å²) in [5, 5.41) is 7.89. The average molecular weight is 329 g/mol. The molecule has 5 nitrogen and oxygen atoms in total. The molecule has 4 rings (SSSR count). The number of aryl methyl sites for hydroxylation is 1. The largest absolute Gasteiger partial charge is 0.491 e. The van der Waals surface area contributed by atoms with Crippen molar-refractivity contribution in [1.82, 2.24) is 15.2 Å². The number of nitrogens with one attached hydrogen (secondary N) is 2. The van der Waals surface area contributed by atoms with Crippen molar-refractivity contribution >= 4 is 21.4 Å². The molecule has 120 valence electrons. The van der Waals surface area contributed by atoms with Crippen molar-refractivity contribution < 1.29 is 4.74 Å². The summed E-state index contributed by atoms with van der Waals surface area (Å²) in [4.78, 5) is 16.8. The molecule has 0 amide bonds. The number of H-pyrrole nitrogens is 2. The second-order valence-corrected chi connectivity index (χ2v) is 7.08. The van der Waals surface area contributed by atoms with Crippen molar-refractivity contribution in [2.45, 2.75) is 39.0 Å². The highest BCUT2D eigenvalue weighted by Gasteiger charge is 2.26. The van der Waals surface area contributed by atoms with Crippen molar-refractivity contribution in [2.24, 2.45) is 0 Å². The van der Waals surface area contributed by atoms with E-state index in [-0.39, 0.29) is 5.56 Å². The minimum Gasteiger partial charge on any atom is -0.491 e. The fraction of sp³-hybridized carbons (Fsp3) is 0.412. The molecule has 2 N–H and O–H groups in total. The van der Waals surface area contributed by atoms with Crippen LogP contribution in [0.5, 0.6) is 5.75 Å². The van der Waals surface area contributed by atoms with Gasteiger partial charge in [-0.25, -0.2) is 0 Å². The average Bonchev–Trinajstić information content (AvgIpc) is 3.15. The molecule has 0 bridgehead atoms. The number of pyridine rings is 1. The predicted molar refractivity (Wildman–Crippen MR) is 92.5 cm³/mol. The van der Waals surface area contributed by atoms with Crippen LogP contribution in [0.4, 0.5) is 0 Å². The summed E-state index contributed by atoms with van der Waals surface area (Å²) in [5.74, 6) is 1.19. The van der Waals surface area contributed by atoms with Gasteiger partial charge in [0.15, 0.2) is 0 Å². The van der Waals surface area contributed by atoms with Gasteiger partial charge in [-0.2, -0.15) is 5.10 Å². The Bertz CT molecular complexity index is 908. The van der Waals surface area contributed by atoms with E-state index in [9.17, 15) is 4.79 Å². The van der Waals surface area contributed by atoms with E-state index in [1.807, 2.05) is 6.20 Å². The van der Waals surface area contributed by atoms with Gasteiger partial charge in [-0.1, -0.05) is 13.8 Å². The highest BCUT2D eigenvalue weighted by Crippen LogP contribution is 2.46. The van der Waals surface area contributed by atoms with Crippen LogP contribution in [0.15, 0.2) is 17.2 Å². The minimum absolute atomic E-state index is 0.00875. The van der Waals surface area contributed by atoms with Crippen LogP contribution in [-0.4, -0.2) is 21.8 Å². The van der Waals surface area contributed by atoms with Gasteiger partial charge in [0, 0.05) is 22.8 Å². The third-order valence-corrected chi connectivity index (χ3v) is 5.85. The maximum atomic E-state index is 12.6. The lowest BCUT2D eigenvalue weighted by Gasteiger charge is -2.14. The lowest BCUT2D eigenvalue weighted by Crippen LogP contribution is -2.13. The number of thiophene rings is 1. The second-order valence-electron chi connectivity index (χ2n) is 6.06. The van der Waals surface area contributed by atoms with Gasteiger partial charge in [-0.15, -0.1) is 11.3 Å². The van der Waals surface area contributed by atoms with E-state index in [0.29, 0.717) is 12.5 Å². The van der Waals surface area contributed by atoms with Crippen molar-refractivity contribution in [3.63, 3.8) is 0 Å². The van der Waals surface area contributed by atoms with Crippen LogP contribution in [0.3, 0.4) is 0 Å². The summed E-state index contributed by atoms with van der Waals surface area (Å²) in [5.41, 5.74) is 3.30. The number of hydrogen-bond acceptors (Lipinski definition) is 4. The predicted octanol–water partition coefficient (Wildman–Crippen LogP) is 3.82. The zero-order valence-electron chi connectivity index (χ0n) is 13.2. The molecule has 1 atom stereocenters. The van der Waals surface area contributed by atoms with E-state index in [1.54, 1.807) is 6.20 Å². The summed E-state index contributed by atoms with van der Waals surface area (Å²) < 4.78 is 6.82. The Morgan fingerprint density at radius 2 is 2.35 bits per heavy atom. The van der Waals surface area contributed by atoms with Crippen LogP contribution in [-0.2, 0) is 6.42 Å². The third kappa shape index (κ3) is 2.20. The zero-order valence-corrected chi connectivity index (χ0v) is 14.0. The highest BCUT2D eigenvalue weighted by molar-refractivity contribution is 7.22. The van der Waals surface area contributed by atoms with Gasteiger partial charge in [0.25, 0.3) is 5.56 Å². The minimum atomic E-state index is -0.00875. The first-order valence-electron chi connectivity index (χ1n) is 8.04. The van der Waals surface area contributed by atoms with E-state index < -0.39 is 0 Å². The van der Waals surface area contributed by atoms with Gasteiger partial charge in [0.2, 0.25) is 0 Å². The molecule has 1 aliphatic rings. The molecule has 0 aromatic carbocycles. The quantitative estimate of drug-likeness (QED) is 0.767. The highest BCUT2D eigenvalue weighted by atomic mass is 32.1. The van der Waals surface area contributed by atoms with Crippen molar-refractivity contribution in [2.75, 3.05) is 6.61 Å². The molecule has 1 aliphatic heterocycles. The smallest absolute Gasteiger partial charge is 0.266 e. The Hall–Kier alpha value is -2.08.